The van der Waals surface area contributed by atoms with Gasteiger partial charge in [0, 0.05) is 52.1 Å². The maximum Gasteiger partial charge on any atom is 0.336 e. The van der Waals surface area contributed by atoms with Gasteiger partial charge in [-0.1, -0.05) is 24.3 Å². The fourth-order valence-electron chi connectivity index (χ4n) is 2.36. The van der Waals surface area contributed by atoms with E-state index >= 15 is 0 Å². The van der Waals surface area contributed by atoms with E-state index in [4.69, 9.17) is 15.7 Å². The molecule has 0 heterocycles. The van der Waals surface area contributed by atoms with Crippen molar-refractivity contribution in [3.8, 4) is 28.7 Å². The van der Waals surface area contributed by atoms with E-state index in [1.165, 1.54) is 6.07 Å². The summed E-state index contributed by atoms with van der Waals surface area (Å²) in [6.45, 7) is 0. The maximum atomic E-state index is 11.5. The Morgan fingerprint density at radius 3 is 1.91 bits per heavy atom. The summed E-state index contributed by atoms with van der Waals surface area (Å²) in [4.78, 5) is 15.8. The monoisotopic (exact) mass is 776 g/mol. The molecule has 1 atom stereocenters. The van der Waals surface area contributed by atoms with Gasteiger partial charge in [0.1, 0.15) is 17.2 Å². The quantitative estimate of drug-likeness (QED) is 0.0806. The maximum absolute atomic E-state index is 11.5. The first-order chi connectivity index (χ1) is 15.2. The van der Waals surface area contributed by atoms with Crippen molar-refractivity contribution in [1.82, 2.24) is 1.33 Å². The fraction of sp³-hybridized carbons (Fsp3) is 0.0952. The number of para-hydroxylation sites is 2. The second kappa shape index (κ2) is 12.6. The molecule has 0 aromatic heterocycles. The lowest BCUT2D eigenvalue weighted by atomic mass is 10.1. The Balaban J connectivity index is 0.000000336. The zero-order chi connectivity index (χ0) is 23.7. The molecule has 0 spiro atoms. The van der Waals surface area contributed by atoms with Crippen LogP contribution in [0.3, 0.4) is 0 Å². The third-order valence-corrected chi connectivity index (χ3v) is 8.84. The number of aliphatic carboxylic acids is 1. The molecule has 0 unspecified atom stereocenters. The highest BCUT2D eigenvalue weighted by molar-refractivity contribution is 14.2. The molecule has 3 aromatic carbocycles. The highest BCUT2D eigenvalue weighted by atomic mass is 127. The summed E-state index contributed by atoms with van der Waals surface area (Å²) in [5, 5.41) is 27.6. The average molecular weight is 776 g/mol. The zero-order valence-electron chi connectivity index (χ0n) is 16.4. The number of rotatable bonds is 7. The number of ether oxygens (including phenoxy) is 1. The van der Waals surface area contributed by atoms with Crippen molar-refractivity contribution in [3.63, 3.8) is 0 Å². The van der Waals surface area contributed by atoms with Gasteiger partial charge in [-0.3, -0.25) is 0 Å². The molecular weight excluding hydrogens is 757 g/mol. The molecule has 0 saturated heterocycles. The highest BCUT2D eigenvalue weighted by Crippen LogP contribution is 2.36. The van der Waals surface area contributed by atoms with Gasteiger partial charge in [-0.05, 0) is 76.7 Å². The van der Waals surface area contributed by atoms with E-state index in [9.17, 15) is 15.0 Å². The standard InChI is InChI=1S/C15H12I3NO4.C6H7NO2/c16-15(14(21)22,19(17)18)9-10-1-5-12(6-2-10)23-13-7-3-11(20)4-8-13;7-9-6-4-2-1-3-5(6)8/h1-8,20H,9H2,(H,21,22);1-4,8H,7H2/t15-;/m0./s1. The van der Waals surface area contributed by atoms with Crippen molar-refractivity contribution in [2.75, 3.05) is 0 Å². The number of alkyl halides is 1. The van der Waals surface area contributed by atoms with E-state index in [0.717, 1.165) is 5.56 Å². The molecule has 8 nitrogen and oxygen atoms in total. The number of halogens is 3. The van der Waals surface area contributed by atoms with Gasteiger partial charge in [-0.15, -0.1) is 0 Å². The zero-order valence-corrected chi connectivity index (χ0v) is 22.8. The first-order valence-electron chi connectivity index (χ1n) is 8.90. The number of carbonyl (C=O) groups is 1. The molecule has 0 amide bonds. The van der Waals surface area contributed by atoms with Crippen LogP contribution in [0.4, 0.5) is 0 Å². The molecule has 0 saturated carbocycles. The number of nitrogens with two attached hydrogens (primary N) is 1. The van der Waals surface area contributed by atoms with E-state index < -0.39 is 9.51 Å². The minimum atomic E-state index is -1.02. The lowest BCUT2D eigenvalue weighted by Crippen LogP contribution is -2.41. The van der Waals surface area contributed by atoms with Crippen LogP contribution in [0.2, 0.25) is 0 Å². The highest BCUT2D eigenvalue weighted by Gasteiger charge is 2.40. The minimum Gasteiger partial charge on any atom is -0.508 e. The Bertz CT molecular complexity index is 1020. The van der Waals surface area contributed by atoms with Crippen LogP contribution in [0, 0.1) is 0 Å². The molecule has 5 N–H and O–H groups in total. The minimum absolute atomic E-state index is 0.0556. The Hall–Kier alpha value is -1.56. The van der Waals surface area contributed by atoms with Crippen LogP contribution in [0.5, 0.6) is 28.7 Å². The van der Waals surface area contributed by atoms with Crippen LogP contribution >= 0.6 is 68.3 Å². The van der Waals surface area contributed by atoms with E-state index in [2.05, 4.69) is 4.84 Å². The molecule has 0 radical (unpaired) electrons. The second-order valence-corrected chi connectivity index (χ2v) is 11.9. The second-order valence-electron chi connectivity index (χ2n) is 6.30. The predicted molar refractivity (Wildman–Crippen MR) is 146 cm³/mol. The fourth-order valence-corrected chi connectivity index (χ4v) is 3.55. The number of hydrogen-bond donors (Lipinski definition) is 4. The van der Waals surface area contributed by atoms with Gasteiger partial charge in [0.2, 0.25) is 0 Å². The van der Waals surface area contributed by atoms with Crippen LogP contribution < -0.4 is 15.5 Å². The third kappa shape index (κ3) is 7.79. The average Bonchev–Trinajstić information content (AvgIpc) is 2.77. The molecule has 170 valence electrons. The summed E-state index contributed by atoms with van der Waals surface area (Å²) < 4.78 is 6.29. The van der Waals surface area contributed by atoms with Crippen LogP contribution in [-0.4, -0.2) is 26.2 Å². The molecule has 32 heavy (non-hydrogen) atoms. The Labute approximate surface area is 226 Å². The summed E-state index contributed by atoms with van der Waals surface area (Å²) in [7, 11) is 0. The van der Waals surface area contributed by atoms with Gasteiger partial charge in [0.25, 0.3) is 0 Å². The number of benzene rings is 3. The molecule has 3 rings (SSSR count). The largest absolute Gasteiger partial charge is 0.508 e. The van der Waals surface area contributed by atoms with Gasteiger partial charge >= 0.3 is 5.97 Å². The topological polar surface area (TPSA) is 125 Å². The van der Waals surface area contributed by atoms with E-state index in [0.29, 0.717) is 17.9 Å². The van der Waals surface area contributed by atoms with Crippen molar-refractivity contribution >= 4 is 74.3 Å². The van der Waals surface area contributed by atoms with Crippen molar-refractivity contribution in [1.29, 1.82) is 0 Å². The van der Waals surface area contributed by atoms with Gasteiger partial charge in [-0.25, -0.2) is 4.79 Å². The van der Waals surface area contributed by atoms with Gasteiger partial charge in [0.05, 0.1) is 0 Å². The number of phenols is 2. The van der Waals surface area contributed by atoms with Crippen LogP contribution in [0.1, 0.15) is 5.56 Å². The van der Waals surface area contributed by atoms with E-state index in [-0.39, 0.29) is 17.2 Å². The number of phenolic OH excluding ortho intramolecular Hbond substituents is 2. The molecule has 0 fully saturated rings. The van der Waals surface area contributed by atoms with Crippen LogP contribution in [-0.2, 0) is 11.2 Å². The van der Waals surface area contributed by atoms with Crippen LogP contribution in [0.25, 0.3) is 0 Å². The molecule has 0 aliphatic rings. The molecule has 11 heteroatoms. The Morgan fingerprint density at radius 2 is 1.47 bits per heavy atom. The summed E-state index contributed by atoms with van der Waals surface area (Å²) in [5.41, 5.74) is 0.901. The normalized spacial score (nSPS) is 12.3. The summed E-state index contributed by atoms with van der Waals surface area (Å²) in [6, 6.07) is 20.2. The van der Waals surface area contributed by atoms with Crippen molar-refractivity contribution in [2.45, 2.75) is 9.97 Å². The first-order valence-corrected chi connectivity index (χ1v) is 11.9. The summed E-state index contributed by atoms with van der Waals surface area (Å²) >= 11 is 5.89. The number of nitrogens with zero attached hydrogens (tertiary/aromatic N) is 1. The molecule has 0 bridgehead atoms. The lowest BCUT2D eigenvalue weighted by Gasteiger charge is -2.26. The smallest absolute Gasteiger partial charge is 0.336 e. The summed E-state index contributed by atoms with van der Waals surface area (Å²) in [6.07, 6.45) is 0.369. The number of aromatic hydroxyl groups is 2. The van der Waals surface area contributed by atoms with Crippen molar-refractivity contribution in [2.24, 2.45) is 5.90 Å². The lowest BCUT2D eigenvalue weighted by molar-refractivity contribution is -0.140. The SMILES string of the molecule is NOc1ccccc1O.O=C(O)[C@](I)(Cc1ccc(Oc2ccc(O)cc2)cc1)N(I)I. The van der Waals surface area contributed by atoms with E-state index in [1.807, 2.05) is 80.5 Å². The summed E-state index contributed by atoms with van der Waals surface area (Å²) in [5.74, 6) is 5.70. The molecule has 0 aliphatic carbocycles. The number of hydrogen-bond acceptors (Lipinski definition) is 7. The Morgan fingerprint density at radius 1 is 0.938 bits per heavy atom. The first kappa shape index (κ1) is 26.7. The number of carboxylic acid groups (broad SMARTS) is 1. The van der Waals surface area contributed by atoms with Gasteiger partial charge in [-0.2, -0.15) is 7.22 Å². The predicted octanol–water partition coefficient (Wildman–Crippen LogP) is 5.59. The van der Waals surface area contributed by atoms with Gasteiger partial charge in [0.15, 0.2) is 15.0 Å². The Kier molecular flexibility index (Phi) is 10.5. The molecular formula is C21H19I3N2O6. The molecule has 3 aromatic rings. The molecule has 0 aliphatic heterocycles. The third-order valence-electron chi connectivity index (χ3n) is 4.02. The van der Waals surface area contributed by atoms with E-state index in [1.54, 1.807) is 55.9 Å². The van der Waals surface area contributed by atoms with Gasteiger partial charge < -0.3 is 24.9 Å². The van der Waals surface area contributed by atoms with Crippen molar-refractivity contribution in [3.05, 3.63) is 78.4 Å². The van der Waals surface area contributed by atoms with Crippen LogP contribution in [0.15, 0.2) is 72.8 Å². The van der Waals surface area contributed by atoms with Crippen molar-refractivity contribution < 1.29 is 29.7 Å². The number of carboxylic acids is 1.